The number of ketones is 2. The van der Waals surface area contributed by atoms with Crippen LogP contribution in [0.4, 0.5) is 28.9 Å². The van der Waals surface area contributed by atoms with Crippen LogP contribution in [0, 0.1) is 23.3 Å². The van der Waals surface area contributed by atoms with Crippen LogP contribution < -0.4 is 10.6 Å². The van der Waals surface area contributed by atoms with E-state index in [2.05, 4.69) is 10.6 Å². The normalized spacial score (nSPS) is 12.0. The largest absolute Gasteiger partial charge is 0.507 e. The van der Waals surface area contributed by atoms with Crippen molar-refractivity contribution in [3.05, 3.63) is 117 Å². The van der Waals surface area contributed by atoms with Gasteiger partial charge in [-0.05, 0) is 60.7 Å². The third-order valence-corrected chi connectivity index (χ3v) is 6.12. The van der Waals surface area contributed by atoms with Crippen LogP contribution in [0.15, 0.2) is 60.7 Å². The second-order valence-electron chi connectivity index (χ2n) is 8.58. The number of phenolic OH excluding ortho intramolecular Hbond substituents is 2. The van der Waals surface area contributed by atoms with Crippen LogP contribution in [-0.2, 0) is 0 Å². The molecule has 2 amide bonds. The monoisotopic (exact) mass is 550 g/mol. The molecule has 1 aliphatic rings. The topological polar surface area (TPSA) is 133 Å². The minimum absolute atomic E-state index is 0.374. The maximum Gasteiger partial charge on any atom is 0.258 e. The predicted molar refractivity (Wildman–Crippen MR) is 132 cm³/mol. The molecule has 0 unspecified atom stereocenters. The van der Waals surface area contributed by atoms with Crippen molar-refractivity contribution in [3.8, 4) is 11.5 Å². The first-order chi connectivity index (χ1) is 19.0. The third-order valence-electron chi connectivity index (χ3n) is 6.12. The summed E-state index contributed by atoms with van der Waals surface area (Å²) in [7, 11) is 0. The molecule has 4 aromatic carbocycles. The number of halogens is 4. The number of anilines is 2. The summed E-state index contributed by atoms with van der Waals surface area (Å²) in [5.41, 5.74) is -4.58. The first-order valence-electron chi connectivity index (χ1n) is 11.3. The van der Waals surface area contributed by atoms with Gasteiger partial charge in [-0.2, -0.15) is 0 Å². The highest BCUT2D eigenvalue weighted by Gasteiger charge is 2.38. The maximum absolute atomic E-state index is 14.1. The van der Waals surface area contributed by atoms with Crippen molar-refractivity contribution < 1.29 is 47.0 Å². The molecule has 0 spiro atoms. The molecular weight excluding hydrogens is 536 g/mol. The standard InChI is InChI=1S/C28H14F4N2O6/c29-11-1-3-15(31)13(9-11)27(39)33-17-5-7-19(35)23-21(17)25(37)24-20(36)8-6-18(22(24)26(23)38)34-28(40)14-10-12(30)2-4-16(14)32/h1-10,35-36H,(H,33,39)(H,34,40). The fourth-order valence-electron chi connectivity index (χ4n) is 4.30. The van der Waals surface area contributed by atoms with Crippen LogP contribution in [0.5, 0.6) is 11.5 Å². The summed E-state index contributed by atoms with van der Waals surface area (Å²) in [5.74, 6) is -9.96. The number of benzene rings is 4. The van der Waals surface area contributed by atoms with E-state index in [0.29, 0.717) is 24.3 Å². The summed E-state index contributed by atoms with van der Waals surface area (Å²) < 4.78 is 55.5. The highest BCUT2D eigenvalue weighted by Crippen LogP contribution is 2.42. The number of hydrogen-bond donors (Lipinski definition) is 4. The lowest BCUT2D eigenvalue weighted by Crippen LogP contribution is -2.26. The molecule has 5 rings (SSSR count). The van der Waals surface area contributed by atoms with E-state index in [4.69, 9.17) is 0 Å². The van der Waals surface area contributed by atoms with Crippen LogP contribution in [-0.4, -0.2) is 33.6 Å². The molecule has 40 heavy (non-hydrogen) atoms. The lowest BCUT2D eigenvalue weighted by Gasteiger charge is -2.24. The van der Waals surface area contributed by atoms with E-state index < -0.39 is 91.5 Å². The Morgan fingerprint density at radius 1 is 0.550 bits per heavy atom. The van der Waals surface area contributed by atoms with Crippen molar-refractivity contribution in [1.29, 1.82) is 0 Å². The highest BCUT2D eigenvalue weighted by atomic mass is 19.1. The number of fused-ring (bicyclic) bond motifs is 2. The minimum atomic E-state index is -1.18. The van der Waals surface area contributed by atoms with E-state index in [1.54, 1.807) is 0 Å². The van der Waals surface area contributed by atoms with Crippen LogP contribution >= 0.6 is 0 Å². The van der Waals surface area contributed by atoms with Crippen molar-refractivity contribution in [2.45, 2.75) is 0 Å². The molecule has 12 heteroatoms. The molecular formula is C28H14F4N2O6. The molecule has 4 N–H and O–H groups in total. The number of hydrogen-bond acceptors (Lipinski definition) is 6. The zero-order valence-electron chi connectivity index (χ0n) is 19.8. The zero-order valence-corrected chi connectivity index (χ0v) is 19.8. The quantitative estimate of drug-likeness (QED) is 0.185. The Labute approximate surface area is 221 Å². The molecule has 0 aliphatic heterocycles. The SMILES string of the molecule is O=C(Nc1ccc(O)c2c1C(=O)c1c(O)ccc(NC(=O)c3cc(F)ccc3F)c1C2=O)c1cc(F)ccc1F. The molecule has 0 bridgehead atoms. The Bertz CT molecular complexity index is 1670. The molecule has 0 heterocycles. The lowest BCUT2D eigenvalue weighted by molar-refractivity contribution is 0.0972. The van der Waals surface area contributed by atoms with Gasteiger partial charge in [0.1, 0.15) is 34.8 Å². The number of carbonyl (C=O) groups excluding carboxylic acids is 4. The summed E-state index contributed by atoms with van der Waals surface area (Å²) in [6, 6.07) is 8.21. The first kappa shape index (κ1) is 26.1. The fourth-order valence-corrected chi connectivity index (χ4v) is 4.30. The summed E-state index contributed by atoms with van der Waals surface area (Å²) in [6.07, 6.45) is 0. The van der Waals surface area contributed by atoms with Crippen LogP contribution in [0.2, 0.25) is 0 Å². The van der Waals surface area contributed by atoms with Gasteiger partial charge in [0, 0.05) is 0 Å². The van der Waals surface area contributed by atoms with Crippen molar-refractivity contribution in [3.63, 3.8) is 0 Å². The molecule has 8 nitrogen and oxygen atoms in total. The summed E-state index contributed by atoms with van der Waals surface area (Å²) in [5, 5.41) is 25.4. The average Bonchev–Trinajstić information content (AvgIpc) is 2.91. The van der Waals surface area contributed by atoms with Gasteiger partial charge in [0.2, 0.25) is 11.6 Å². The van der Waals surface area contributed by atoms with E-state index in [0.717, 1.165) is 36.4 Å². The van der Waals surface area contributed by atoms with Crippen LogP contribution in [0.25, 0.3) is 0 Å². The number of aromatic hydroxyl groups is 2. The lowest BCUT2D eigenvalue weighted by atomic mass is 9.81. The Kier molecular flexibility index (Phi) is 6.30. The number of rotatable bonds is 4. The molecule has 0 atom stereocenters. The molecule has 4 aromatic rings. The average molecular weight is 550 g/mol. The number of amides is 2. The molecule has 1 aliphatic carbocycles. The fraction of sp³-hybridized carbons (Fsp3) is 0. The molecule has 0 saturated carbocycles. The van der Waals surface area contributed by atoms with Gasteiger partial charge in [0.25, 0.3) is 11.8 Å². The van der Waals surface area contributed by atoms with Gasteiger partial charge in [-0.25, -0.2) is 17.6 Å². The smallest absolute Gasteiger partial charge is 0.258 e. The highest BCUT2D eigenvalue weighted by molar-refractivity contribution is 6.34. The third kappa shape index (κ3) is 4.30. The van der Waals surface area contributed by atoms with Crippen molar-refractivity contribution in [2.75, 3.05) is 10.6 Å². The maximum atomic E-state index is 14.1. The van der Waals surface area contributed by atoms with Crippen molar-refractivity contribution >= 4 is 34.8 Å². The first-order valence-corrected chi connectivity index (χ1v) is 11.3. The number of phenols is 2. The van der Waals surface area contributed by atoms with Gasteiger partial charge in [0.15, 0.2) is 0 Å². The van der Waals surface area contributed by atoms with Gasteiger partial charge in [0.05, 0.1) is 44.8 Å². The van der Waals surface area contributed by atoms with Gasteiger partial charge in [-0.15, -0.1) is 0 Å². The summed E-state index contributed by atoms with van der Waals surface area (Å²) in [4.78, 5) is 52.5. The second kappa shape index (κ2) is 9.66. The summed E-state index contributed by atoms with van der Waals surface area (Å²) in [6.45, 7) is 0. The van der Waals surface area contributed by atoms with Gasteiger partial charge >= 0.3 is 0 Å². The zero-order chi connectivity index (χ0) is 28.9. The van der Waals surface area contributed by atoms with Gasteiger partial charge < -0.3 is 20.8 Å². The van der Waals surface area contributed by atoms with Crippen molar-refractivity contribution in [1.82, 2.24) is 0 Å². The molecule has 0 radical (unpaired) electrons. The number of nitrogens with one attached hydrogen (secondary N) is 2. The molecule has 0 fully saturated rings. The Hall–Kier alpha value is -5.52. The Balaban J connectivity index is 1.59. The molecule has 0 saturated heterocycles. The molecule has 0 aromatic heterocycles. The van der Waals surface area contributed by atoms with Gasteiger partial charge in [-0.3, -0.25) is 19.2 Å². The molecule has 200 valence electrons. The van der Waals surface area contributed by atoms with Crippen LogP contribution in [0.1, 0.15) is 52.6 Å². The van der Waals surface area contributed by atoms with Crippen molar-refractivity contribution in [2.24, 2.45) is 0 Å². The second-order valence-corrected chi connectivity index (χ2v) is 8.58. The van der Waals surface area contributed by atoms with Crippen LogP contribution in [0.3, 0.4) is 0 Å². The predicted octanol–water partition coefficient (Wildman–Crippen LogP) is 4.93. The summed E-state index contributed by atoms with van der Waals surface area (Å²) >= 11 is 0. The minimum Gasteiger partial charge on any atom is -0.507 e. The van der Waals surface area contributed by atoms with E-state index in [1.807, 2.05) is 0 Å². The number of carbonyl (C=O) groups is 4. The Morgan fingerprint density at radius 2 is 0.925 bits per heavy atom. The van der Waals surface area contributed by atoms with E-state index in [-0.39, 0.29) is 11.4 Å². The van der Waals surface area contributed by atoms with Gasteiger partial charge in [-0.1, -0.05) is 0 Å². The van der Waals surface area contributed by atoms with E-state index >= 15 is 0 Å². The Morgan fingerprint density at radius 3 is 1.30 bits per heavy atom. The van der Waals surface area contributed by atoms with E-state index in [1.165, 1.54) is 0 Å². The van der Waals surface area contributed by atoms with E-state index in [9.17, 15) is 47.0 Å².